The van der Waals surface area contributed by atoms with Crippen molar-refractivity contribution in [3.8, 4) is 17.1 Å². The van der Waals surface area contributed by atoms with Crippen LogP contribution in [-0.2, 0) is 11.8 Å². The molecule has 2 aromatic carbocycles. The summed E-state index contributed by atoms with van der Waals surface area (Å²) in [6.07, 6.45) is 0. The Kier molecular flexibility index (Phi) is 6.26. The van der Waals surface area contributed by atoms with Gasteiger partial charge < -0.3 is 14.6 Å². The van der Waals surface area contributed by atoms with Gasteiger partial charge in [-0.2, -0.15) is 0 Å². The van der Waals surface area contributed by atoms with Crippen LogP contribution < -0.4 is 10.1 Å². The first-order chi connectivity index (χ1) is 13.0. The molecule has 0 bridgehead atoms. The Balaban J connectivity index is 1.67. The van der Waals surface area contributed by atoms with Gasteiger partial charge in [-0.25, -0.2) is 0 Å². The van der Waals surface area contributed by atoms with Crippen molar-refractivity contribution in [1.29, 1.82) is 0 Å². The van der Waals surface area contributed by atoms with Gasteiger partial charge in [-0.05, 0) is 30.3 Å². The number of ether oxygens (including phenoxy) is 1. The van der Waals surface area contributed by atoms with E-state index >= 15 is 0 Å². The number of hydrogen-bond donors (Lipinski definition) is 1. The molecule has 140 valence electrons. The van der Waals surface area contributed by atoms with Gasteiger partial charge in [0.2, 0.25) is 5.91 Å². The van der Waals surface area contributed by atoms with Gasteiger partial charge in [-0.3, -0.25) is 4.79 Å². The van der Waals surface area contributed by atoms with Crippen molar-refractivity contribution in [3.63, 3.8) is 0 Å². The summed E-state index contributed by atoms with van der Waals surface area (Å²) in [4.78, 5) is 12.3. The second kappa shape index (κ2) is 8.65. The van der Waals surface area contributed by atoms with E-state index in [1.54, 1.807) is 24.3 Å². The van der Waals surface area contributed by atoms with Crippen molar-refractivity contribution in [2.24, 2.45) is 7.05 Å². The van der Waals surface area contributed by atoms with Gasteiger partial charge in [0.05, 0.1) is 18.6 Å². The molecule has 0 saturated heterocycles. The fourth-order valence-corrected chi connectivity index (χ4v) is 3.49. The maximum atomic E-state index is 12.3. The van der Waals surface area contributed by atoms with Crippen LogP contribution in [0.15, 0.2) is 47.6 Å². The number of amides is 1. The summed E-state index contributed by atoms with van der Waals surface area (Å²) in [7, 11) is 3.38. The van der Waals surface area contributed by atoms with Gasteiger partial charge >= 0.3 is 0 Å². The fraction of sp³-hybridized carbons (Fsp3) is 0.167. The molecule has 1 amide bonds. The molecule has 0 aliphatic rings. The highest BCUT2D eigenvalue weighted by Crippen LogP contribution is 2.28. The van der Waals surface area contributed by atoms with Crippen molar-refractivity contribution in [2.75, 3.05) is 18.2 Å². The Bertz CT molecular complexity index is 978. The number of nitrogens with one attached hydrogen (secondary N) is 1. The fourth-order valence-electron chi connectivity index (χ4n) is 2.41. The lowest BCUT2D eigenvalue weighted by molar-refractivity contribution is -0.113. The summed E-state index contributed by atoms with van der Waals surface area (Å²) in [6, 6.07) is 12.4. The molecule has 0 spiro atoms. The van der Waals surface area contributed by atoms with Crippen LogP contribution in [0.3, 0.4) is 0 Å². The Labute approximate surface area is 170 Å². The lowest BCUT2D eigenvalue weighted by Crippen LogP contribution is -2.15. The first-order valence-corrected chi connectivity index (χ1v) is 9.63. The summed E-state index contributed by atoms with van der Waals surface area (Å²) in [5.41, 5.74) is 1.38. The number of thioether (sulfide) groups is 1. The number of hydrogen-bond acceptors (Lipinski definition) is 5. The van der Waals surface area contributed by atoms with E-state index in [1.807, 2.05) is 29.8 Å². The Morgan fingerprint density at radius 3 is 2.70 bits per heavy atom. The second-order valence-corrected chi connectivity index (χ2v) is 7.37. The summed E-state index contributed by atoms with van der Waals surface area (Å²) in [6.45, 7) is 0. The van der Waals surface area contributed by atoms with E-state index in [0.717, 1.165) is 5.56 Å². The zero-order valence-electron chi connectivity index (χ0n) is 14.6. The molecule has 0 fully saturated rings. The molecule has 3 rings (SSSR count). The minimum atomic E-state index is -0.201. The molecule has 1 heterocycles. The molecule has 0 unspecified atom stereocenters. The third-order valence-corrected chi connectivity index (χ3v) is 5.18. The highest BCUT2D eigenvalue weighted by Gasteiger charge is 2.14. The van der Waals surface area contributed by atoms with Crippen molar-refractivity contribution in [2.45, 2.75) is 5.16 Å². The van der Waals surface area contributed by atoms with E-state index in [0.29, 0.717) is 32.5 Å². The van der Waals surface area contributed by atoms with Crippen LogP contribution in [0.1, 0.15) is 0 Å². The maximum Gasteiger partial charge on any atom is 0.234 e. The minimum absolute atomic E-state index is 0.164. The van der Waals surface area contributed by atoms with E-state index < -0.39 is 0 Å². The molecule has 0 aliphatic carbocycles. The second-order valence-electron chi connectivity index (χ2n) is 5.56. The summed E-state index contributed by atoms with van der Waals surface area (Å²) in [5.74, 6) is 1.18. The average molecular weight is 423 g/mol. The number of aromatic nitrogens is 3. The van der Waals surface area contributed by atoms with Crippen LogP contribution >= 0.6 is 35.0 Å². The molecule has 0 radical (unpaired) electrons. The molecule has 3 aromatic rings. The van der Waals surface area contributed by atoms with Crippen molar-refractivity contribution >= 4 is 46.6 Å². The quantitative estimate of drug-likeness (QED) is 0.590. The van der Waals surface area contributed by atoms with Crippen LogP contribution in [-0.4, -0.2) is 33.5 Å². The van der Waals surface area contributed by atoms with E-state index in [2.05, 4.69) is 15.5 Å². The molecule has 0 saturated carbocycles. The van der Waals surface area contributed by atoms with E-state index in [1.165, 1.54) is 18.9 Å². The molecule has 27 heavy (non-hydrogen) atoms. The monoisotopic (exact) mass is 422 g/mol. The van der Waals surface area contributed by atoms with Crippen molar-refractivity contribution in [3.05, 3.63) is 52.5 Å². The van der Waals surface area contributed by atoms with Gasteiger partial charge in [0.25, 0.3) is 0 Å². The van der Waals surface area contributed by atoms with Gasteiger partial charge in [0, 0.05) is 22.7 Å². The average Bonchev–Trinajstić information content (AvgIpc) is 3.01. The van der Waals surface area contributed by atoms with Gasteiger partial charge in [-0.1, -0.05) is 47.1 Å². The van der Waals surface area contributed by atoms with Gasteiger partial charge in [-0.15, -0.1) is 10.2 Å². The topological polar surface area (TPSA) is 69.0 Å². The molecule has 1 aromatic heterocycles. The minimum Gasteiger partial charge on any atom is -0.495 e. The summed E-state index contributed by atoms with van der Waals surface area (Å²) in [5, 5.41) is 12.9. The van der Waals surface area contributed by atoms with Crippen LogP contribution in [0, 0.1) is 0 Å². The van der Waals surface area contributed by atoms with Crippen molar-refractivity contribution < 1.29 is 9.53 Å². The van der Waals surface area contributed by atoms with E-state index in [4.69, 9.17) is 27.9 Å². The highest BCUT2D eigenvalue weighted by atomic mass is 35.5. The SMILES string of the molecule is COc1ccc(Cl)cc1NC(=O)CSc1nnc(-c2cccc(Cl)c2)n1C. The van der Waals surface area contributed by atoms with Crippen LogP contribution in [0.2, 0.25) is 10.0 Å². The predicted molar refractivity (Wildman–Crippen MR) is 109 cm³/mol. The standard InChI is InChI=1S/C18H16Cl2N4O2S/c1-24-17(11-4-3-5-12(19)8-11)22-23-18(24)27-10-16(25)21-14-9-13(20)6-7-15(14)26-2/h3-9H,10H2,1-2H3,(H,21,25). The summed E-state index contributed by atoms with van der Waals surface area (Å²) >= 11 is 13.3. The van der Waals surface area contributed by atoms with Crippen molar-refractivity contribution in [1.82, 2.24) is 14.8 Å². The first-order valence-electron chi connectivity index (χ1n) is 7.89. The van der Waals surface area contributed by atoms with Crippen LogP contribution in [0.5, 0.6) is 5.75 Å². The third-order valence-electron chi connectivity index (χ3n) is 3.69. The first kappa shape index (κ1) is 19.5. The number of methoxy groups -OCH3 is 1. The molecule has 0 aliphatic heterocycles. The number of carbonyl (C=O) groups excluding carboxylic acids is 1. The normalized spacial score (nSPS) is 10.7. The molecule has 0 atom stereocenters. The molecular weight excluding hydrogens is 407 g/mol. The number of rotatable bonds is 6. The number of nitrogens with zero attached hydrogens (tertiary/aromatic N) is 3. The lowest BCUT2D eigenvalue weighted by Gasteiger charge is -2.10. The zero-order valence-corrected chi connectivity index (χ0v) is 16.9. The third kappa shape index (κ3) is 4.74. The highest BCUT2D eigenvalue weighted by molar-refractivity contribution is 7.99. The molecular formula is C18H16Cl2N4O2S. The molecule has 1 N–H and O–H groups in total. The van der Waals surface area contributed by atoms with E-state index in [-0.39, 0.29) is 11.7 Å². The van der Waals surface area contributed by atoms with Gasteiger partial charge in [0.15, 0.2) is 11.0 Å². The number of benzene rings is 2. The number of halogens is 2. The van der Waals surface area contributed by atoms with E-state index in [9.17, 15) is 4.79 Å². The smallest absolute Gasteiger partial charge is 0.234 e. The largest absolute Gasteiger partial charge is 0.495 e. The molecule has 6 nitrogen and oxygen atoms in total. The summed E-state index contributed by atoms with van der Waals surface area (Å²) < 4.78 is 7.05. The Morgan fingerprint density at radius 2 is 1.96 bits per heavy atom. The number of anilines is 1. The van der Waals surface area contributed by atoms with Crippen LogP contribution in [0.4, 0.5) is 5.69 Å². The van der Waals surface area contributed by atoms with Crippen LogP contribution in [0.25, 0.3) is 11.4 Å². The Morgan fingerprint density at radius 1 is 1.19 bits per heavy atom. The Hall–Kier alpha value is -2.22. The lowest BCUT2D eigenvalue weighted by atomic mass is 10.2. The maximum absolute atomic E-state index is 12.3. The predicted octanol–water partition coefficient (Wildman–Crippen LogP) is 4.53. The van der Waals surface area contributed by atoms with Gasteiger partial charge in [0.1, 0.15) is 5.75 Å². The molecule has 9 heteroatoms. The zero-order chi connectivity index (χ0) is 19.4. The number of carbonyl (C=O) groups is 1.